The van der Waals surface area contributed by atoms with Crippen LogP contribution in [0.4, 0.5) is 5.00 Å². The van der Waals surface area contributed by atoms with Crippen LogP contribution in [0, 0.1) is 6.92 Å². The molecule has 11 heteroatoms. The molecular formula is C30H28N4O5S2. The van der Waals surface area contributed by atoms with E-state index in [1.807, 2.05) is 41.8 Å². The third-order valence-electron chi connectivity index (χ3n) is 6.64. The van der Waals surface area contributed by atoms with Crippen molar-refractivity contribution in [2.24, 2.45) is 0 Å². The number of amides is 1. The molecule has 0 aliphatic carbocycles. The molecule has 3 aromatic heterocycles. The van der Waals surface area contributed by atoms with Gasteiger partial charge in [-0.2, -0.15) is 4.31 Å². The van der Waals surface area contributed by atoms with Gasteiger partial charge in [-0.25, -0.2) is 19.0 Å². The summed E-state index contributed by atoms with van der Waals surface area (Å²) < 4.78 is 30.2. The van der Waals surface area contributed by atoms with Gasteiger partial charge in [0, 0.05) is 17.5 Å². The lowest BCUT2D eigenvalue weighted by molar-refractivity contribution is 0.0594. The predicted molar refractivity (Wildman–Crippen MR) is 160 cm³/mol. The summed E-state index contributed by atoms with van der Waals surface area (Å²) in [5.74, 6) is -0.180. The number of ether oxygens (including phenoxy) is 1. The number of imidazole rings is 1. The minimum atomic E-state index is -2.56. The zero-order valence-electron chi connectivity index (χ0n) is 22.7. The highest BCUT2D eigenvalue weighted by Crippen LogP contribution is 2.38. The van der Waals surface area contributed by atoms with Crippen molar-refractivity contribution in [1.29, 1.82) is 0 Å². The van der Waals surface area contributed by atoms with E-state index in [2.05, 4.69) is 11.9 Å². The average Bonchev–Trinajstić information content (AvgIpc) is 3.59. The number of benzene rings is 2. The van der Waals surface area contributed by atoms with Crippen LogP contribution < -0.4 is 4.31 Å². The van der Waals surface area contributed by atoms with E-state index < -0.39 is 23.1 Å². The summed E-state index contributed by atoms with van der Waals surface area (Å²) in [5.41, 5.74) is 5.23. The minimum Gasteiger partial charge on any atom is -0.464 e. The molecule has 5 rings (SSSR count). The van der Waals surface area contributed by atoms with E-state index in [0.29, 0.717) is 28.3 Å². The van der Waals surface area contributed by atoms with Crippen LogP contribution in [0.2, 0.25) is 0 Å². The summed E-state index contributed by atoms with van der Waals surface area (Å²) in [6.07, 6.45) is 1.65. The van der Waals surface area contributed by atoms with Crippen LogP contribution in [-0.2, 0) is 29.0 Å². The van der Waals surface area contributed by atoms with Crippen molar-refractivity contribution < 1.29 is 23.1 Å². The monoisotopic (exact) mass is 588 g/mol. The molecule has 1 amide bonds. The van der Waals surface area contributed by atoms with Gasteiger partial charge in [0.05, 0.1) is 13.7 Å². The molecule has 9 nitrogen and oxygen atoms in total. The number of anilines is 1. The largest absolute Gasteiger partial charge is 0.464 e. The van der Waals surface area contributed by atoms with Crippen LogP contribution in [0.15, 0.2) is 72.1 Å². The van der Waals surface area contributed by atoms with E-state index in [4.69, 9.17) is 9.72 Å². The third-order valence-corrected chi connectivity index (χ3v) is 8.31. The summed E-state index contributed by atoms with van der Waals surface area (Å²) in [6.45, 7) is 4.48. The molecule has 0 aliphatic rings. The van der Waals surface area contributed by atoms with Gasteiger partial charge < -0.3 is 9.30 Å². The molecule has 2 aromatic carbocycles. The Kier molecular flexibility index (Phi) is 8.39. The van der Waals surface area contributed by atoms with Gasteiger partial charge in [0.1, 0.15) is 16.3 Å². The van der Waals surface area contributed by atoms with Gasteiger partial charge in [0.15, 0.2) is 11.3 Å². The zero-order chi connectivity index (χ0) is 29.1. The highest BCUT2D eigenvalue weighted by atomic mass is 32.2. The van der Waals surface area contributed by atoms with Gasteiger partial charge in [-0.15, -0.1) is 11.3 Å². The lowest BCUT2D eigenvalue weighted by Crippen LogP contribution is -2.32. The van der Waals surface area contributed by atoms with Crippen molar-refractivity contribution in [3.8, 4) is 11.1 Å². The smallest absolute Gasteiger partial charge is 0.356 e. The first-order valence-electron chi connectivity index (χ1n) is 12.9. The number of hydrogen-bond donors (Lipinski definition) is 1. The highest BCUT2D eigenvalue weighted by molar-refractivity contribution is 7.82. The molecule has 0 spiro atoms. The molecule has 41 heavy (non-hydrogen) atoms. The first-order chi connectivity index (χ1) is 19.8. The van der Waals surface area contributed by atoms with Crippen LogP contribution in [-0.4, -0.2) is 42.3 Å². The second kappa shape index (κ2) is 12.1. The van der Waals surface area contributed by atoms with Crippen molar-refractivity contribution in [1.82, 2.24) is 14.5 Å². The number of fused-ring (bicyclic) bond motifs is 1. The van der Waals surface area contributed by atoms with Gasteiger partial charge in [0.25, 0.3) is 17.2 Å². The summed E-state index contributed by atoms with van der Waals surface area (Å²) >= 11 is -1.34. The number of nitrogens with zero attached hydrogens (tertiary/aromatic N) is 4. The molecule has 3 heterocycles. The molecule has 1 unspecified atom stereocenters. The minimum absolute atomic E-state index is 0.234. The normalized spacial score (nSPS) is 11.9. The molecule has 0 radical (unpaired) electrons. The van der Waals surface area contributed by atoms with Crippen LogP contribution in [0.1, 0.15) is 51.1 Å². The molecule has 0 aliphatic heterocycles. The quantitative estimate of drug-likeness (QED) is 0.165. The molecule has 1 atom stereocenters. The first kappa shape index (κ1) is 28.3. The van der Waals surface area contributed by atoms with E-state index in [9.17, 15) is 18.4 Å². The Labute approximate surface area is 243 Å². The van der Waals surface area contributed by atoms with Gasteiger partial charge in [-0.3, -0.25) is 9.35 Å². The molecular weight excluding hydrogens is 560 g/mol. The first-order valence-corrected chi connectivity index (χ1v) is 14.9. The van der Waals surface area contributed by atoms with Gasteiger partial charge in [0.2, 0.25) is 0 Å². The SMILES string of the molecule is CCCc1nc2c(C)cc(C(=O)OC)nc2n1Cc1ccc(-c2ccsc2N(C(=O)c2ccccc2)S(=O)O)cc1. The number of aryl methyl sites for hydroxylation is 2. The lowest BCUT2D eigenvalue weighted by Gasteiger charge is -2.18. The Morgan fingerprint density at radius 2 is 1.80 bits per heavy atom. The summed E-state index contributed by atoms with van der Waals surface area (Å²) in [5, 5.41) is 2.17. The molecule has 0 saturated carbocycles. The van der Waals surface area contributed by atoms with E-state index in [-0.39, 0.29) is 5.69 Å². The van der Waals surface area contributed by atoms with Crippen molar-refractivity contribution >= 4 is 50.6 Å². The Morgan fingerprint density at radius 3 is 2.46 bits per heavy atom. The number of thiophene rings is 1. The average molecular weight is 589 g/mol. The number of carbonyl (C=O) groups is 2. The standard InChI is InChI=1S/C30H28N4O5S2/c1-4-8-25-32-26-19(2)17-24(30(36)39-3)31-27(26)33(25)18-20-11-13-21(14-12-20)23-15-16-40-29(23)34(41(37)38)28(35)22-9-6-5-7-10-22/h5-7,9-17H,4,8,18H2,1-3H3,(H,37,38). The van der Waals surface area contributed by atoms with Crippen molar-refractivity contribution in [3.05, 3.63) is 100 Å². The maximum absolute atomic E-state index is 13.1. The molecule has 0 fully saturated rings. The summed E-state index contributed by atoms with van der Waals surface area (Å²) in [7, 11) is 1.33. The highest BCUT2D eigenvalue weighted by Gasteiger charge is 2.27. The number of methoxy groups -OCH3 is 1. The molecule has 5 aromatic rings. The second-order valence-electron chi connectivity index (χ2n) is 9.38. The number of carbonyl (C=O) groups excluding carboxylic acids is 2. The van der Waals surface area contributed by atoms with E-state index in [1.54, 1.807) is 41.8 Å². The Hall–Kier alpha value is -4.19. The number of pyridine rings is 1. The van der Waals surface area contributed by atoms with Gasteiger partial charge in [-0.1, -0.05) is 49.4 Å². The van der Waals surface area contributed by atoms with Gasteiger partial charge >= 0.3 is 5.97 Å². The lowest BCUT2D eigenvalue weighted by atomic mass is 10.1. The Balaban J connectivity index is 1.48. The predicted octanol–water partition coefficient (Wildman–Crippen LogP) is 6.04. The third kappa shape index (κ3) is 5.69. The van der Waals surface area contributed by atoms with Crippen molar-refractivity contribution in [3.63, 3.8) is 0 Å². The number of hydrogen-bond acceptors (Lipinski definition) is 7. The Morgan fingerprint density at radius 1 is 1.07 bits per heavy atom. The number of rotatable bonds is 9. The molecule has 0 bridgehead atoms. The fourth-order valence-corrected chi connectivity index (χ4v) is 6.29. The maximum atomic E-state index is 13.1. The number of aromatic nitrogens is 3. The van der Waals surface area contributed by atoms with Crippen LogP contribution in [0.5, 0.6) is 0 Å². The maximum Gasteiger partial charge on any atom is 0.356 e. The summed E-state index contributed by atoms with van der Waals surface area (Å²) in [4.78, 5) is 34.8. The number of esters is 1. The van der Waals surface area contributed by atoms with Crippen molar-refractivity contribution in [2.45, 2.75) is 33.2 Å². The fourth-order valence-electron chi connectivity index (χ4n) is 4.66. The summed E-state index contributed by atoms with van der Waals surface area (Å²) in [6, 6.07) is 19.7. The van der Waals surface area contributed by atoms with Gasteiger partial charge in [-0.05, 0) is 59.7 Å². The van der Waals surface area contributed by atoms with E-state index in [1.165, 1.54) is 18.4 Å². The van der Waals surface area contributed by atoms with E-state index >= 15 is 0 Å². The zero-order valence-corrected chi connectivity index (χ0v) is 24.4. The van der Waals surface area contributed by atoms with Crippen LogP contribution in [0.3, 0.4) is 0 Å². The second-order valence-corrected chi connectivity index (χ2v) is 11.1. The Bertz CT molecular complexity index is 1750. The molecule has 1 N–H and O–H groups in total. The molecule has 210 valence electrons. The topological polar surface area (TPSA) is 115 Å². The fraction of sp³-hybridized carbons (Fsp3) is 0.200. The van der Waals surface area contributed by atoms with E-state index in [0.717, 1.165) is 45.2 Å². The van der Waals surface area contributed by atoms with Crippen molar-refractivity contribution in [2.75, 3.05) is 11.4 Å². The van der Waals surface area contributed by atoms with Crippen LogP contribution in [0.25, 0.3) is 22.3 Å². The molecule has 0 saturated heterocycles. The van der Waals surface area contributed by atoms with Crippen LogP contribution >= 0.6 is 11.3 Å².